The molecular formula is C24H19BrN2. The summed E-state index contributed by atoms with van der Waals surface area (Å²) in [6.45, 7) is 1.05. The minimum Gasteiger partial charge on any atom is -0.358 e. The van der Waals surface area contributed by atoms with Gasteiger partial charge in [0.15, 0.2) is 0 Å². The molecule has 1 atom stereocenters. The second-order valence-electron chi connectivity index (χ2n) is 7.56. The van der Waals surface area contributed by atoms with Gasteiger partial charge < -0.3 is 9.88 Å². The molecule has 1 N–H and O–H groups in total. The summed E-state index contributed by atoms with van der Waals surface area (Å²) in [5.74, 6) is 0. The van der Waals surface area contributed by atoms with Crippen molar-refractivity contribution < 1.29 is 0 Å². The zero-order chi connectivity index (χ0) is 18.0. The topological polar surface area (TPSA) is 19.0 Å². The number of halogens is 1. The van der Waals surface area contributed by atoms with Crippen molar-refractivity contribution in [2.75, 3.05) is 11.4 Å². The van der Waals surface area contributed by atoms with E-state index in [4.69, 9.17) is 0 Å². The van der Waals surface area contributed by atoms with Crippen molar-refractivity contribution in [2.24, 2.45) is 0 Å². The molecule has 0 amide bonds. The third-order valence-electron chi connectivity index (χ3n) is 6.13. The molecule has 0 aliphatic carbocycles. The van der Waals surface area contributed by atoms with Gasteiger partial charge in [-0.1, -0.05) is 58.4 Å². The molecule has 0 bridgehead atoms. The number of hydrogen-bond donors (Lipinski definition) is 1. The van der Waals surface area contributed by atoms with Crippen molar-refractivity contribution in [3.8, 4) is 0 Å². The minimum absolute atomic E-state index is 0.250. The van der Waals surface area contributed by atoms with Crippen LogP contribution in [0.2, 0.25) is 0 Å². The average molecular weight is 415 g/mol. The van der Waals surface area contributed by atoms with Gasteiger partial charge in [0.1, 0.15) is 0 Å². The zero-order valence-electron chi connectivity index (χ0n) is 14.9. The third-order valence-corrected chi connectivity index (χ3v) is 6.62. The number of benzene rings is 3. The molecule has 0 spiro atoms. The van der Waals surface area contributed by atoms with Gasteiger partial charge in [-0.3, -0.25) is 0 Å². The van der Waals surface area contributed by atoms with Gasteiger partial charge in [-0.2, -0.15) is 0 Å². The minimum atomic E-state index is 0.250. The number of aromatic amines is 1. The maximum Gasteiger partial charge on any atom is 0.0950 e. The fraction of sp³-hybridized carbons (Fsp3) is 0.167. The largest absolute Gasteiger partial charge is 0.358 e. The first kappa shape index (κ1) is 15.5. The van der Waals surface area contributed by atoms with Gasteiger partial charge in [0.2, 0.25) is 0 Å². The Labute approximate surface area is 167 Å². The molecule has 2 aliphatic rings. The highest BCUT2D eigenvalue weighted by atomic mass is 79.9. The number of nitrogens with zero attached hydrogens (tertiary/aromatic N) is 1. The van der Waals surface area contributed by atoms with Crippen LogP contribution in [0.5, 0.6) is 0 Å². The summed E-state index contributed by atoms with van der Waals surface area (Å²) in [6.07, 6.45) is 2.07. The highest BCUT2D eigenvalue weighted by Crippen LogP contribution is 2.45. The van der Waals surface area contributed by atoms with Crippen LogP contribution in [-0.4, -0.2) is 11.5 Å². The molecule has 0 saturated heterocycles. The van der Waals surface area contributed by atoms with Crippen LogP contribution >= 0.6 is 15.9 Å². The van der Waals surface area contributed by atoms with E-state index < -0.39 is 0 Å². The van der Waals surface area contributed by atoms with Crippen molar-refractivity contribution >= 4 is 32.5 Å². The van der Waals surface area contributed by atoms with Crippen molar-refractivity contribution in [1.82, 2.24) is 4.98 Å². The van der Waals surface area contributed by atoms with Crippen LogP contribution in [0, 0.1) is 0 Å². The quantitative estimate of drug-likeness (QED) is 0.374. The first-order valence-electron chi connectivity index (χ1n) is 9.52. The van der Waals surface area contributed by atoms with E-state index in [-0.39, 0.29) is 6.04 Å². The van der Waals surface area contributed by atoms with Gasteiger partial charge in [0.05, 0.1) is 6.04 Å². The number of rotatable bonds is 0. The molecule has 0 saturated carbocycles. The standard InChI is InChI=1S/C24H19BrN2/c25-17-9-10-21-19(14-17)20-13-16-6-2-4-8-22(16)27-12-11-15-5-1-3-7-18(15)24(27)23(20)26-21/h1-10,14,24,26H,11-13H2. The van der Waals surface area contributed by atoms with E-state index in [0.717, 1.165) is 23.9 Å². The van der Waals surface area contributed by atoms with Crippen LogP contribution < -0.4 is 4.90 Å². The van der Waals surface area contributed by atoms with Crippen LogP contribution in [0.25, 0.3) is 10.9 Å². The van der Waals surface area contributed by atoms with Gasteiger partial charge in [0, 0.05) is 39.7 Å². The van der Waals surface area contributed by atoms with Crippen LogP contribution in [0.1, 0.15) is 34.0 Å². The maximum atomic E-state index is 3.80. The van der Waals surface area contributed by atoms with E-state index in [1.165, 1.54) is 44.5 Å². The molecular weight excluding hydrogens is 396 g/mol. The van der Waals surface area contributed by atoms with E-state index in [9.17, 15) is 0 Å². The molecule has 27 heavy (non-hydrogen) atoms. The number of H-pyrrole nitrogens is 1. The maximum absolute atomic E-state index is 3.80. The number of para-hydroxylation sites is 1. The lowest BCUT2D eigenvalue weighted by Crippen LogP contribution is -2.36. The highest BCUT2D eigenvalue weighted by Gasteiger charge is 2.35. The Balaban J connectivity index is 1.70. The summed E-state index contributed by atoms with van der Waals surface area (Å²) < 4.78 is 1.13. The van der Waals surface area contributed by atoms with Crippen LogP contribution in [0.15, 0.2) is 71.2 Å². The Morgan fingerprint density at radius 1 is 0.926 bits per heavy atom. The number of aromatic nitrogens is 1. The fourth-order valence-corrected chi connectivity index (χ4v) is 5.29. The molecule has 132 valence electrons. The lowest BCUT2D eigenvalue weighted by Gasteiger charge is -2.38. The summed E-state index contributed by atoms with van der Waals surface area (Å²) >= 11 is 3.67. The third kappa shape index (κ3) is 2.24. The summed E-state index contributed by atoms with van der Waals surface area (Å²) in [4.78, 5) is 6.40. The normalized spacial score (nSPS) is 17.7. The molecule has 1 unspecified atom stereocenters. The van der Waals surface area contributed by atoms with Crippen LogP contribution in [0.3, 0.4) is 0 Å². The molecule has 4 aromatic rings. The first-order chi connectivity index (χ1) is 13.3. The van der Waals surface area contributed by atoms with Gasteiger partial charge >= 0.3 is 0 Å². The lowest BCUT2D eigenvalue weighted by atomic mass is 9.89. The number of anilines is 1. The Hall–Kier alpha value is -2.52. The van der Waals surface area contributed by atoms with Gasteiger partial charge in [0.25, 0.3) is 0 Å². The first-order valence-corrected chi connectivity index (χ1v) is 10.3. The smallest absolute Gasteiger partial charge is 0.0950 e. The second kappa shape index (κ2) is 5.74. The summed E-state index contributed by atoms with van der Waals surface area (Å²) in [6, 6.07) is 24.7. The Morgan fingerprint density at radius 3 is 2.67 bits per heavy atom. The molecule has 3 aromatic carbocycles. The molecule has 2 aliphatic heterocycles. The van der Waals surface area contributed by atoms with E-state index in [1.807, 2.05) is 0 Å². The number of nitrogens with one attached hydrogen (secondary N) is 1. The molecule has 6 rings (SSSR count). The fourth-order valence-electron chi connectivity index (χ4n) is 4.93. The Bertz CT molecular complexity index is 1190. The van der Waals surface area contributed by atoms with E-state index in [2.05, 4.69) is 92.5 Å². The number of hydrogen-bond acceptors (Lipinski definition) is 1. The average Bonchev–Trinajstić information content (AvgIpc) is 2.97. The summed E-state index contributed by atoms with van der Waals surface area (Å²) in [7, 11) is 0. The molecule has 0 fully saturated rings. The van der Waals surface area contributed by atoms with Crippen LogP contribution in [-0.2, 0) is 12.8 Å². The van der Waals surface area contributed by atoms with Crippen molar-refractivity contribution in [2.45, 2.75) is 18.9 Å². The van der Waals surface area contributed by atoms with E-state index >= 15 is 0 Å². The summed E-state index contributed by atoms with van der Waals surface area (Å²) in [5, 5.41) is 1.33. The van der Waals surface area contributed by atoms with Gasteiger partial charge in [-0.05, 0) is 52.9 Å². The molecule has 1 aromatic heterocycles. The predicted molar refractivity (Wildman–Crippen MR) is 115 cm³/mol. The SMILES string of the molecule is Brc1ccc2[nH]c3c(c2c1)Cc1ccccc1N1CCc2ccccc2C31. The zero-order valence-corrected chi connectivity index (χ0v) is 16.5. The second-order valence-corrected chi connectivity index (χ2v) is 8.47. The Kier molecular flexibility index (Phi) is 3.30. The highest BCUT2D eigenvalue weighted by molar-refractivity contribution is 9.10. The van der Waals surface area contributed by atoms with Crippen LogP contribution in [0.4, 0.5) is 5.69 Å². The molecule has 3 heteroatoms. The van der Waals surface area contributed by atoms with Crippen molar-refractivity contribution in [3.63, 3.8) is 0 Å². The molecule has 2 nitrogen and oxygen atoms in total. The predicted octanol–water partition coefficient (Wildman–Crippen LogP) is 5.99. The van der Waals surface area contributed by atoms with Gasteiger partial charge in [-0.25, -0.2) is 0 Å². The van der Waals surface area contributed by atoms with Crippen molar-refractivity contribution in [3.05, 3.63) is 99.2 Å². The van der Waals surface area contributed by atoms with Crippen molar-refractivity contribution in [1.29, 1.82) is 0 Å². The van der Waals surface area contributed by atoms with Gasteiger partial charge in [-0.15, -0.1) is 0 Å². The molecule has 0 radical (unpaired) electrons. The lowest BCUT2D eigenvalue weighted by molar-refractivity contribution is 0.644. The monoisotopic (exact) mass is 414 g/mol. The van der Waals surface area contributed by atoms with E-state index in [1.54, 1.807) is 0 Å². The number of fused-ring (bicyclic) bond motifs is 9. The molecule has 3 heterocycles. The summed E-state index contributed by atoms with van der Waals surface area (Å²) in [5.41, 5.74) is 9.72. The van der Waals surface area contributed by atoms with E-state index in [0.29, 0.717) is 0 Å². The Morgan fingerprint density at radius 2 is 1.74 bits per heavy atom.